The molecule has 3 heteroatoms. The highest BCUT2D eigenvalue weighted by Crippen LogP contribution is 2.28. The van der Waals surface area contributed by atoms with Crippen molar-refractivity contribution < 1.29 is 9.53 Å². The largest absolute Gasteiger partial charge is 0.465 e. The second-order valence-corrected chi connectivity index (χ2v) is 6.35. The van der Waals surface area contributed by atoms with Crippen LogP contribution in [0.4, 0.5) is 0 Å². The average Bonchev–Trinajstić information content (AvgIpc) is 2.74. The lowest BCUT2D eigenvalue weighted by Crippen LogP contribution is -2.05. The van der Waals surface area contributed by atoms with Crippen molar-refractivity contribution in [1.82, 2.24) is 4.98 Å². The Balaban J connectivity index is 0.000000596. The molecule has 0 aliphatic rings. The van der Waals surface area contributed by atoms with Gasteiger partial charge in [0.1, 0.15) is 0 Å². The van der Waals surface area contributed by atoms with Gasteiger partial charge in [-0.2, -0.15) is 0 Å². The predicted octanol–water partition coefficient (Wildman–Crippen LogP) is 6.32. The van der Waals surface area contributed by atoms with Gasteiger partial charge in [-0.15, -0.1) is 0 Å². The number of aryl methyl sites for hydroxylation is 1. The number of unbranched alkanes of at least 4 members (excludes halogenated alkanes) is 1. The normalized spacial score (nSPS) is 9.93. The van der Waals surface area contributed by atoms with Crippen molar-refractivity contribution in [3.8, 4) is 22.4 Å². The van der Waals surface area contributed by atoms with Gasteiger partial charge in [-0.25, -0.2) is 4.79 Å². The number of pyridine rings is 1. The highest BCUT2D eigenvalue weighted by Gasteiger charge is 2.15. The molecule has 0 aliphatic heterocycles. The fraction of sp³-hybridized carbons (Fsp3) is 0.250. The molecule has 0 amide bonds. The number of benzene rings is 2. The number of rotatable bonds is 4. The lowest BCUT2D eigenvalue weighted by atomic mass is 9.99. The number of ether oxygens (including phenoxy) is 1. The summed E-state index contributed by atoms with van der Waals surface area (Å²) in [6.45, 7) is 6.27. The van der Waals surface area contributed by atoms with Gasteiger partial charge in [-0.1, -0.05) is 75.2 Å². The first-order chi connectivity index (χ1) is 13.1. The lowest BCUT2D eigenvalue weighted by molar-refractivity contribution is 0.0601. The average molecular weight is 361 g/mol. The van der Waals surface area contributed by atoms with E-state index in [1.54, 1.807) is 6.20 Å². The van der Waals surface area contributed by atoms with E-state index in [1.807, 2.05) is 55.5 Å². The molecule has 0 unspecified atom stereocenters. The zero-order valence-electron chi connectivity index (χ0n) is 16.5. The lowest BCUT2D eigenvalue weighted by Gasteiger charge is -2.10. The quantitative estimate of drug-likeness (QED) is 0.511. The number of carbonyl (C=O) groups is 1. The molecule has 0 fully saturated rings. The van der Waals surface area contributed by atoms with Gasteiger partial charge in [-0.3, -0.25) is 4.98 Å². The number of hydrogen-bond acceptors (Lipinski definition) is 3. The highest BCUT2D eigenvalue weighted by molar-refractivity contribution is 5.96. The summed E-state index contributed by atoms with van der Waals surface area (Å²) in [4.78, 5) is 16.5. The van der Waals surface area contributed by atoms with Crippen molar-refractivity contribution in [2.75, 3.05) is 7.11 Å². The third kappa shape index (κ3) is 5.52. The maximum absolute atomic E-state index is 12.1. The third-order valence-electron chi connectivity index (χ3n) is 4.17. The third-order valence-corrected chi connectivity index (χ3v) is 4.17. The van der Waals surface area contributed by atoms with E-state index in [0.29, 0.717) is 11.3 Å². The minimum absolute atomic E-state index is 0.374. The number of nitrogens with zero attached hydrogens (tertiary/aromatic N) is 1. The molecule has 0 bridgehead atoms. The van der Waals surface area contributed by atoms with Crippen LogP contribution in [0.1, 0.15) is 42.6 Å². The smallest absolute Gasteiger partial charge is 0.340 e. The van der Waals surface area contributed by atoms with Crippen LogP contribution >= 0.6 is 0 Å². The van der Waals surface area contributed by atoms with Crippen molar-refractivity contribution >= 4 is 5.97 Å². The zero-order chi connectivity index (χ0) is 19.6. The second-order valence-electron chi connectivity index (χ2n) is 6.35. The van der Waals surface area contributed by atoms with E-state index in [-0.39, 0.29) is 5.97 Å². The minimum atomic E-state index is -0.374. The molecule has 1 heterocycles. The molecule has 0 radical (unpaired) electrons. The monoisotopic (exact) mass is 361 g/mol. The molecule has 140 valence electrons. The van der Waals surface area contributed by atoms with Gasteiger partial charge in [0.25, 0.3) is 0 Å². The van der Waals surface area contributed by atoms with Crippen LogP contribution in [0.15, 0.2) is 66.9 Å². The van der Waals surface area contributed by atoms with Crippen LogP contribution in [-0.4, -0.2) is 18.1 Å². The molecule has 0 aliphatic carbocycles. The first-order valence-corrected chi connectivity index (χ1v) is 9.31. The molecule has 0 saturated heterocycles. The van der Waals surface area contributed by atoms with E-state index < -0.39 is 0 Å². The van der Waals surface area contributed by atoms with Gasteiger partial charge in [0.05, 0.1) is 18.4 Å². The molecule has 0 atom stereocenters. The number of hydrogen-bond donors (Lipinski definition) is 0. The molecule has 3 nitrogen and oxygen atoms in total. The Morgan fingerprint density at radius 2 is 1.52 bits per heavy atom. The Morgan fingerprint density at radius 1 is 0.889 bits per heavy atom. The Labute approximate surface area is 162 Å². The van der Waals surface area contributed by atoms with Crippen molar-refractivity contribution in [2.24, 2.45) is 0 Å². The summed E-state index contributed by atoms with van der Waals surface area (Å²) in [5.74, 6) is -0.374. The van der Waals surface area contributed by atoms with E-state index in [4.69, 9.17) is 4.74 Å². The SMILES string of the molecule is CCCC.COC(=O)c1cc(C)cnc1-c1cccc(-c2ccccc2)c1. The fourth-order valence-electron chi connectivity index (χ4n) is 2.54. The molecule has 3 rings (SSSR count). The maximum Gasteiger partial charge on any atom is 0.340 e. The molecule has 1 aromatic heterocycles. The molecule has 0 spiro atoms. The van der Waals surface area contributed by atoms with Crippen molar-refractivity contribution in [2.45, 2.75) is 33.6 Å². The topological polar surface area (TPSA) is 39.2 Å². The van der Waals surface area contributed by atoms with Crippen LogP contribution in [0.3, 0.4) is 0 Å². The second kappa shape index (κ2) is 10.3. The molecule has 0 saturated carbocycles. The van der Waals surface area contributed by atoms with Crippen molar-refractivity contribution in [1.29, 1.82) is 0 Å². The van der Waals surface area contributed by atoms with E-state index >= 15 is 0 Å². The zero-order valence-corrected chi connectivity index (χ0v) is 16.5. The van der Waals surface area contributed by atoms with Gasteiger partial charge in [0, 0.05) is 11.8 Å². The predicted molar refractivity (Wildman–Crippen MR) is 112 cm³/mol. The van der Waals surface area contributed by atoms with Crippen LogP contribution in [-0.2, 0) is 4.74 Å². The van der Waals surface area contributed by atoms with Gasteiger partial charge in [0.15, 0.2) is 0 Å². The molecule has 3 aromatic rings. The molecule has 2 aromatic carbocycles. The van der Waals surface area contributed by atoms with Crippen LogP contribution in [0.25, 0.3) is 22.4 Å². The highest BCUT2D eigenvalue weighted by atomic mass is 16.5. The number of esters is 1. The van der Waals surface area contributed by atoms with Crippen LogP contribution in [0, 0.1) is 6.92 Å². The van der Waals surface area contributed by atoms with Crippen LogP contribution in [0.2, 0.25) is 0 Å². The van der Waals surface area contributed by atoms with Crippen molar-refractivity contribution in [3.63, 3.8) is 0 Å². The standard InChI is InChI=1S/C20H17NO2.C4H10/c1-14-11-18(20(22)23-2)19(21-13-14)17-10-6-9-16(12-17)15-7-4-3-5-8-15;1-3-4-2/h3-13H,1-2H3;3-4H2,1-2H3. The fourth-order valence-corrected chi connectivity index (χ4v) is 2.54. The molecule has 0 N–H and O–H groups in total. The van der Waals surface area contributed by atoms with Gasteiger partial charge in [-0.05, 0) is 35.7 Å². The van der Waals surface area contributed by atoms with Gasteiger partial charge >= 0.3 is 5.97 Å². The Kier molecular flexibility index (Phi) is 7.75. The van der Waals surface area contributed by atoms with Crippen molar-refractivity contribution in [3.05, 3.63) is 78.0 Å². The molecule has 27 heavy (non-hydrogen) atoms. The summed E-state index contributed by atoms with van der Waals surface area (Å²) >= 11 is 0. The van der Waals surface area contributed by atoms with E-state index in [9.17, 15) is 4.79 Å². The maximum atomic E-state index is 12.1. The number of carbonyl (C=O) groups excluding carboxylic acids is 1. The molecular weight excluding hydrogens is 334 g/mol. The first-order valence-electron chi connectivity index (χ1n) is 9.31. The summed E-state index contributed by atoms with van der Waals surface area (Å²) in [6, 6.07) is 19.9. The number of aromatic nitrogens is 1. The van der Waals surface area contributed by atoms with E-state index in [2.05, 4.69) is 31.0 Å². The Hall–Kier alpha value is -2.94. The molecular formula is C24H27NO2. The Morgan fingerprint density at radius 3 is 2.15 bits per heavy atom. The summed E-state index contributed by atoms with van der Waals surface area (Å²) < 4.78 is 4.89. The Bertz CT molecular complexity index is 871. The first kappa shape index (κ1) is 20.4. The minimum Gasteiger partial charge on any atom is -0.465 e. The van der Waals surface area contributed by atoms with Gasteiger partial charge < -0.3 is 4.74 Å². The summed E-state index contributed by atoms with van der Waals surface area (Å²) in [6.07, 6.45) is 4.40. The van der Waals surface area contributed by atoms with Crippen LogP contribution < -0.4 is 0 Å². The van der Waals surface area contributed by atoms with Crippen LogP contribution in [0.5, 0.6) is 0 Å². The summed E-state index contributed by atoms with van der Waals surface area (Å²) in [5.41, 5.74) is 5.15. The number of methoxy groups -OCH3 is 1. The van der Waals surface area contributed by atoms with E-state index in [1.165, 1.54) is 20.0 Å². The summed E-state index contributed by atoms with van der Waals surface area (Å²) in [7, 11) is 1.38. The summed E-state index contributed by atoms with van der Waals surface area (Å²) in [5, 5.41) is 0. The van der Waals surface area contributed by atoms with E-state index in [0.717, 1.165) is 22.3 Å². The van der Waals surface area contributed by atoms with Gasteiger partial charge in [0.2, 0.25) is 0 Å².